The first-order valence-electron chi connectivity index (χ1n) is 8.37. The molecular weight excluding hydrogens is 324 g/mol. The zero-order valence-electron chi connectivity index (χ0n) is 14.1. The first kappa shape index (κ1) is 15.9. The molecule has 1 amide bonds. The monoisotopic (exact) mass is 342 g/mol. The van der Waals surface area contributed by atoms with Gasteiger partial charge in [-0.05, 0) is 54.1 Å². The number of hydrogen-bond acceptors (Lipinski definition) is 3. The molecule has 0 saturated carbocycles. The molecule has 4 rings (SSSR count). The third-order valence-electron chi connectivity index (χ3n) is 4.28. The fraction of sp³-hybridized carbons (Fsp3) is 0.0476. The van der Waals surface area contributed by atoms with Gasteiger partial charge in [0.15, 0.2) is 0 Å². The summed E-state index contributed by atoms with van der Waals surface area (Å²) in [5, 5.41) is 3.37. The van der Waals surface area contributed by atoms with E-state index in [9.17, 15) is 4.79 Å². The number of aromatic amines is 1. The summed E-state index contributed by atoms with van der Waals surface area (Å²) in [6.45, 7) is 0.670. The van der Waals surface area contributed by atoms with E-state index >= 15 is 0 Å². The molecule has 0 spiro atoms. The topological polar surface area (TPSA) is 83.8 Å². The zero-order chi connectivity index (χ0) is 17.9. The molecule has 1 heterocycles. The van der Waals surface area contributed by atoms with Crippen molar-refractivity contribution < 1.29 is 4.79 Å². The highest BCUT2D eigenvalue weighted by Gasteiger charge is 2.05. The number of amides is 1. The highest BCUT2D eigenvalue weighted by molar-refractivity contribution is 5.92. The number of carbonyl (C=O) groups excluding carboxylic acids is 1. The number of carbonyl (C=O) groups is 1. The number of rotatable bonds is 5. The predicted molar refractivity (Wildman–Crippen MR) is 104 cm³/mol. The van der Waals surface area contributed by atoms with E-state index in [1.165, 1.54) is 0 Å². The second-order valence-corrected chi connectivity index (χ2v) is 6.09. The minimum absolute atomic E-state index is 0.411. The Kier molecular flexibility index (Phi) is 4.11. The first-order valence-corrected chi connectivity index (χ1v) is 8.37. The number of nitrogens with two attached hydrogens (primary N) is 1. The standard InChI is InChI=1S/C21H18N4O/c22-20(26)15-7-5-14(6-8-15)13-23-17-11-9-16(10-12-17)21-24-18-3-1-2-4-19(18)25-21/h1-12,23H,13H2,(H2,22,26)(H,24,25). The van der Waals surface area contributed by atoms with E-state index in [0.29, 0.717) is 12.1 Å². The number of H-pyrrole nitrogens is 1. The van der Waals surface area contributed by atoms with Crippen LogP contribution in [0.25, 0.3) is 22.4 Å². The number of hydrogen-bond donors (Lipinski definition) is 3. The van der Waals surface area contributed by atoms with Crippen molar-refractivity contribution in [2.75, 3.05) is 5.32 Å². The van der Waals surface area contributed by atoms with Crippen LogP contribution in [0.2, 0.25) is 0 Å². The van der Waals surface area contributed by atoms with Gasteiger partial charge in [-0.3, -0.25) is 4.79 Å². The Labute approximate surface area is 150 Å². The van der Waals surface area contributed by atoms with E-state index in [1.807, 2.05) is 60.7 Å². The summed E-state index contributed by atoms with van der Waals surface area (Å²) in [6.07, 6.45) is 0. The van der Waals surface area contributed by atoms with Crippen LogP contribution in [-0.2, 0) is 6.54 Å². The first-order chi connectivity index (χ1) is 12.7. The molecule has 4 aromatic rings. The molecule has 1 aromatic heterocycles. The number of para-hydroxylation sites is 2. The lowest BCUT2D eigenvalue weighted by Crippen LogP contribution is -2.10. The van der Waals surface area contributed by atoms with Crippen LogP contribution in [0.4, 0.5) is 5.69 Å². The van der Waals surface area contributed by atoms with Gasteiger partial charge in [0, 0.05) is 23.4 Å². The minimum atomic E-state index is -0.411. The summed E-state index contributed by atoms with van der Waals surface area (Å²) < 4.78 is 0. The van der Waals surface area contributed by atoms with E-state index in [4.69, 9.17) is 5.73 Å². The maximum absolute atomic E-state index is 11.1. The molecule has 5 heteroatoms. The SMILES string of the molecule is NC(=O)c1ccc(CNc2ccc(-c3nc4ccccc4[nH]3)cc2)cc1. The Morgan fingerprint density at radius 2 is 1.69 bits per heavy atom. The minimum Gasteiger partial charge on any atom is -0.381 e. The number of anilines is 1. The summed E-state index contributed by atoms with van der Waals surface area (Å²) in [5.74, 6) is 0.450. The van der Waals surface area contributed by atoms with Gasteiger partial charge in [-0.25, -0.2) is 4.98 Å². The Bertz CT molecular complexity index is 1020. The third kappa shape index (κ3) is 3.28. The van der Waals surface area contributed by atoms with Gasteiger partial charge in [-0.2, -0.15) is 0 Å². The van der Waals surface area contributed by atoms with Crippen molar-refractivity contribution in [1.82, 2.24) is 9.97 Å². The average Bonchev–Trinajstić information content (AvgIpc) is 3.11. The molecule has 0 saturated heterocycles. The molecule has 0 fully saturated rings. The van der Waals surface area contributed by atoms with Crippen molar-refractivity contribution in [3.05, 3.63) is 83.9 Å². The van der Waals surface area contributed by atoms with Crippen LogP contribution in [0.5, 0.6) is 0 Å². The lowest BCUT2D eigenvalue weighted by atomic mass is 10.1. The van der Waals surface area contributed by atoms with Gasteiger partial charge < -0.3 is 16.0 Å². The van der Waals surface area contributed by atoms with Crippen LogP contribution in [0.1, 0.15) is 15.9 Å². The van der Waals surface area contributed by atoms with Crippen molar-refractivity contribution in [3.63, 3.8) is 0 Å². The van der Waals surface area contributed by atoms with Crippen molar-refractivity contribution in [3.8, 4) is 11.4 Å². The van der Waals surface area contributed by atoms with Gasteiger partial charge >= 0.3 is 0 Å². The van der Waals surface area contributed by atoms with E-state index in [1.54, 1.807) is 12.1 Å². The molecule has 0 atom stereocenters. The quantitative estimate of drug-likeness (QED) is 0.513. The van der Waals surface area contributed by atoms with Crippen LogP contribution in [0.15, 0.2) is 72.8 Å². The molecule has 0 aliphatic heterocycles. The molecule has 0 radical (unpaired) electrons. The molecule has 4 N–H and O–H groups in total. The number of aromatic nitrogens is 2. The zero-order valence-corrected chi connectivity index (χ0v) is 14.1. The van der Waals surface area contributed by atoms with Gasteiger partial charge in [0.25, 0.3) is 0 Å². The van der Waals surface area contributed by atoms with Crippen molar-refractivity contribution in [2.45, 2.75) is 6.54 Å². The molecule has 0 aliphatic carbocycles. The van der Waals surface area contributed by atoms with Gasteiger partial charge in [0.05, 0.1) is 11.0 Å². The van der Waals surface area contributed by atoms with E-state index in [0.717, 1.165) is 33.7 Å². The Morgan fingerprint density at radius 1 is 0.962 bits per heavy atom. The molecule has 0 bridgehead atoms. The van der Waals surface area contributed by atoms with E-state index in [-0.39, 0.29) is 0 Å². The molecule has 3 aromatic carbocycles. The summed E-state index contributed by atoms with van der Waals surface area (Å²) in [5.41, 5.74) is 10.9. The van der Waals surface area contributed by atoms with Crippen LogP contribution >= 0.6 is 0 Å². The largest absolute Gasteiger partial charge is 0.381 e. The van der Waals surface area contributed by atoms with Crippen LogP contribution in [0.3, 0.4) is 0 Å². The average molecular weight is 342 g/mol. The van der Waals surface area contributed by atoms with E-state index < -0.39 is 5.91 Å². The number of primary amides is 1. The summed E-state index contributed by atoms with van der Waals surface area (Å²) in [7, 11) is 0. The van der Waals surface area contributed by atoms with Crippen molar-refractivity contribution in [1.29, 1.82) is 0 Å². The number of nitrogens with zero attached hydrogens (tertiary/aromatic N) is 1. The van der Waals surface area contributed by atoms with Crippen LogP contribution < -0.4 is 11.1 Å². The number of fused-ring (bicyclic) bond motifs is 1. The van der Waals surface area contributed by atoms with Gasteiger partial charge in [0.1, 0.15) is 5.82 Å². The van der Waals surface area contributed by atoms with Crippen molar-refractivity contribution >= 4 is 22.6 Å². The maximum atomic E-state index is 11.1. The summed E-state index contributed by atoms with van der Waals surface area (Å²) in [6, 6.07) is 23.4. The van der Waals surface area contributed by atoms with Crippen LogP contribution in [-0.4, -0.2) is 15.9 Å². The lowest BCUT2D eigenvalue weighted by Gasteiger charge is -2.07. The second-order valence-electron chi connectivity index (χ2n) is 6.09. The molecule has 26 heavy (non-hydrogen) atoms. The fourth-order valence-electron chi connectivity index (χ4n) is 2.83. The van der Waals surface area contributed by atoms with Crippen molar-refractivity contribution in [2.24, 2.45) is 5.73 Å². The third-order valence-corrected chi connectivity index (χ3v) is 4.28. The highest BCUT2D eigenvalue weighted by atomic mass is 16.1. The number of nitrogens with one attached hydrogen (secondary N) is 2. The molecular formula is C21H18N4O. The molecule has 0 aliphatic rings. The molecule has 128 valence electrons. The predicted octanol–water partition coefficient (Wildman–Crippen LogP) is 3.94. The second kappa shape index (κ2) is 6.72. The van der Waals surface area contributed by atoms with E-state index in [2.05, 4.69) is 15.3 Å². The fourth-order valence-corrected chi connectivity index (χ4v) is 2.83. The van der Waals surface area contributed by atoms with Gasteiger partial charge in [-0.15, -0.1) is 0 Å². The van der Waals surface area contributed by atoms with Crippen LogP contribution in [0, 0.1) is 0 Å². The number of imidazole rings is 1. The Morgan fingerprint density at radius 3 is 2.38 bits per heavy atom. The lowest BCUT2D eigenvalue weighted by molar-refractivity contribution is 0.100. The highest BCUT2D eigenvalue weighted by Crippen LogP contribution is 2.22. The maximum Gasteiger partial charge on any atom is 0.248 e. The Balaban J connectivity index is 1.45. The Hall–Kier alpha value is -3.60. The van der Waals surface area contributed by atoms with Gasteiger partial charge in [0.2, 0.25) is 5.91 Å². The molecule has 0 unspecified atom stereocenters. The summed E-state index contributed by atoms with van der Waals surface area (Å²) >= 11 is 0. The molecule has 5 nitrogen and oxygen atoms in total. The normalized spacial score (nSPS) is 10.8. The summed E-state index contributed by atoms with van der Waals surface area (Å²) in [4.78, 5) is 19.0. The smallest absolute Gasteiger partial charge is 0.248 e. The van der Waals surface area contributed by atoms with Gasteiger partial charge in [-0.1, -0.05) is 24.3 Å². The number of benzene rings is 3.